The van der Waals surface area contributed by atoms with Crippen LogP contribution in [0.1, 0.15) is 32.3 Å². The van der Waals surface area contributed by atoms with Crippen LogP contribution in [0.2, 0.25) is 0 Å². The summed E-state index contributed by atoms with van der Waals surface area (Å²) in [4.78, 5) is 28.5. The second-order valence-electron chi connectivity index (χ2n) is 6.32. The summed E-state index contributed by atoms with van der Waals surface area (Å²) in [6, 6.07) is 9.96. The summed E-state index contributed by atoms with van der Waals surface area (Å²) in [5, 5.41) is 3.03. The van der Waals surface area contributed by atoms with E-state index in [0.717, 1.165) is 44.6 Å². The van der Waals surface area contributed by atoms with Crippen LogP contribution in [-0.2, 0) is 16.1 Å². The Labute approximate surface area is 145 Å². The van der Waals surface area contributed by atoms with Gasteiger partial charge in [0, 0.05) is 25.6 Å². The third-order valence-electron chi connectivity index (χ3n) is 4.74. The van der Waals surface area contributed by atoms with Gasteiger partial charge in [-0.2, -0.15) is 0 Å². The molecule has 0 atom stereocenters. The molecule has 24 heavy (non-hydrogen) atoms. The SMILES string of the molecule is CCN(CC)C(=O)CN1CCC(C(=O)NCc2ccccc2)CC1. The van der Waals surface area contributed by atoms with E-state index in [2.05, 4.69) is 10.2 Å². The zero-order valence-corrected chi connectivity index (χ0v) is 14.8. The number of carbonyl (C=O) groups is 2. The highest BCUT2D eigenvalue weighted by Gasteiger charge is 2.26. The Morgan fingerprint density at radius 1 is 1.12 bits per heavy atom. The number of rotatable bonds is 7. The van der Waals surface area contributed by atoms with Gasteiger partial charge in [-0.05, 0) is 45.3 Å². The number of piperidine rings is 1. The van der Waals surface area contributed by atoms with Crippen LogP contribution in [0.3, 0.4) is 0 Å². The molecular formula is C19H29N3O2. The maximum atomic E-state index is 12.3. The highest BCUT2D eigenvalue weighted by molar-refractivity contribution is 5.79. The Hall–Kier alpha value is -1.88. The van der Waals surface area contributed by atoms with E-state index in [1.165, 1.54) is 0 Å². The predicted molar refractivity (Wildman–Crippen MR) is 95.4 cm³/mol. The normalized spacial score (nSPS) is 15.9. The summed E-state index contributed by atoms with van der Waals surface area (Å²) in [5.74, 6) is 0.383. The first-order valence-electron chi connectivity index (χ1n) is 8.95. The second-order valence-corrected chi connectivity index (χ2v) is 6.32. The van der Waals surface area contributed by atoms with Gasteiger partial charge in [0.15, 0.2) is 0 Å². The molecule has 5 nitrogen and oxygen atoms in total. The molecule has 1 aliphatic rings. The summed E-state index contributed by atoms with van der Waals surface area (Å²) < 4.78 is 0. The minimum atomic E-state index is 0.0634. The molecule has 0 saturated carbocycles. The van der Waals surface area contributed by atoms with Crippen molar-refractivity contribution in [2.75, 3.05) is 32.7 Å². The minimum absolute atomic E-state index is 0.0634. The van der Waals surface area contributed by atoms with Gasteiger partial charge in [0.1, 0.15) is 0 Å². The van der Waals surface area contributed by atoms with Crippen LogP contribution in [0.5, 0.6) is 0 Å². The maximum Gasteiger partial charge on any atom is 0.236 e. The number of hydrogen-bond acceptors (Lipinski definition) is 3. The minimum Gasteiger partial charge on any atom is -0.352 e. The fourth-order valence-corrected chi connectivity index (χ4v) is 3.15. The third kappa shape index (κ3) is 5.34. The Morgan fingerprint density at radius 3 is 2.33 bits per heavy atom. The van der Waals surface area contributed by atoms with Gasteiger partial charge in [0.05, 0.1) is 6.54 Å². The van der Waals surface area contributed by atoms with Crippen molar-refractivity contribution >= 4 is 11.8 Å². The Morgan fingerprint density at radius 2 is 1.75 bits per heavy atom. The van der Waals surface area contributed by atoms with Crippen molar-refractivity contribution in [3.63, 3.8) is 0 Å². The number of nitrogens with one attached hydrogen (secondary N) is 1. The first-order valence-corrected chi connectivity index (χ1v) is 8.95. The van der Waals surface area contributed by atoms with Crippen LogP contribution in [-0.4, -0.2) is 54.3 Å². The monoisotopic (exact) mass is 331 g/mol. The van der Waals surface area contributed by atoms with E-state index in [1.807, 2.05) is 49.1 Å². The fourth-order valence-electron chi connectivity index (χ4n) is 3.15. The quantitative estimate of drug-likeness (QED) is 0.830. The third-order valence-corrected chi connectivity index (χ3v) is 4.74. The van der Waals surface area contributed by atoms with Crippen molar-refractivity contribution in [2.45, 2.75) is 33.2 Å². The molecule has 2 amide bonds. The van der Waals surface area contributed by atoms with E-state index < -0.39 is 0 Å². The van der Waals surface area contributed by atoms with Gasteiger partial charge in [-0.3, -0.25) is 14.5 Å². The molecule has 0 bridgehead atoms. The predicted octanol–water partition coefficient (Wildman–Crippen LogP) is 1.88. The average Bonchev–Trinajstić information content (AvgIpc) is 2.62. The van der Waals surface area contributed by atoms with Crippen molar-refractivity contribution in [2.24, 2.45) is 5.92 Å². The smallest absolute Gasteiger partial charge is 0.236 e. The summed E-state index contributed by atoms with van der Waals surface area (Å²) in [6.07, 6.45) is 1.65. The molecule has 5 heteroatoms. The number of likely N-dealkylation sites (tertiary alicyclic amines) is 1. The first kappa shape index (κ1) is 18.5. The van der Waals surface area contributed by atoms with Gasteiger partial charge in [-0.1, -0.05) is 30.3 Å². The molecule has 1 fully saturated rings. The molecule has 0 radical (unpaired) electrons. The lowest BCUT2D eigenvalue weighted by atomic mass is 9.96. The fraction of sp³-hybridized carbons (Fsp3) is 0.579. The molecule has 0 aliphatic carbocycles. The average molecular weight is 331 g/mol. The second kappa shape index (κ2) is 9.42. The molecular weight excluding hydrogens is 302 g/mol. The summed E-state index contributed by atoms with van der Waals surface area (Å²) >= 11 is 0. The topological polar surface area (TPSA) is 52.7 Å². The van der Waals surface area contributed by atoms with Crippen LogP contribution in [0.4, 0.5) is 0 Å². The van der Waals surface area contributed by atoms with E-state index in [9.17, 15) is 9.59 Å². The zero-order chi connectivity index (χ0) is 17.4. The number of hydrogen-bond donors (Lipinski definition) is 1. The largest absolute Gasteiger partial charge is 0.352 e. The van der Waals surface area contributed by atoms with E-state index in [-0.39, 0.29) is 17.7 Å². The Bertz CT molecular complexity index is 521. The molecule has 1 saturated heterocycles. The van der Waals surface area contributed by atoms with Gasteiger partial charge < -0.3 is 10.2 Å². The molecule has 1 N–H and O–H groups in total. The van der Waals surface area contributed by atoms with Crippen molar-refractivity contribution in [3.05, 3.63) is 35.9 Å². The highest BCUT2D eigenvalue weighted by Crippen LogP contribution is 2.17. The number of likely N-dealkylation sites (N-methyl/N-ethyl adjacent to an activating group) is 1. The molecule has 1 aromatic rings. The molecule has 2 rings (SSSR count). The number of benzene rings is 1. The summed E-state index contributed by atoms with van der Waals surface area (Å²) in [6.45, 7) is 8.21. The van der Waals surface area contributed by atoms with Gasteiger partial charge in [-0.15, -0.1) is 0 Å². The lowest BCUT2D eigenvalue weighted by Crippen LogP contribution is -2.45. The van der Waals surface area contributed by atoms with Gasteiger partial charge in [-0.25, -0.2) is 0 Å². The van der Waals surface area contributed by atoms with Crippen molar-refractivity contribution in [1.29, 1.82) is 0 Å². The molecule has 1 heterocycles. The van der Waals surface area contributed by atoms with E-state index in [0.29, 0.717) is 13.1 Å². The molecule has 132 valence electrons. The van der Waals surface area contributed by atoms with Crippen LogP contribution >= 0.6 is 0 Å². The highest BCUT2D eigenvalue weighted by atomic mass is 16.2. The number of nitrogens with zero attached hydrogens (tertiary/aromatic N) is 2. The van der Waals surface area contributed by atoms with Crippen LogP contribution in [0.15, 0.2) is 30.3 Å². The van der Waals surface area contributed by atoms with Gasteiger partial charge >= 0.3 is 0 Å². The van der Waals surface area contributed by atoms with E-state index >= 15 is 0 Å². The van der Waals surface area contributed by atoms with Crippen LogP contribution in [0, 0.1) is 5.92 Å². The standard InChI is InChI=1S/C19H29N3O2/c1-3-22(4-2)18(23)15-21-12-10-17(11-13-21)19(24)20-14-16-8-6-5-7-9-16/h5-9,17H,3-4,10-15H2,1-2H3,(H,20,24). The maximum absolute atomic E-state index is 12.3. The van der Waals surface area contributed by atoms with E-state index in [1.54, 1.807) is 0 Å². The van der Waals surface area contributed by atoms with Gasteiger partial charge in [0.2, 0.25) is 11.8 Å². The van der Waals surface area contributed by atoms with Crippen molar-refractivity contribution < 1.29 is 9.59 Å². The zero-order valence-electron chi connectivity index (χ0n) is 14.8. The first-order chi connectivity index (χ1) is 11.6. The van der Waals surface area contributed by atoms with E-state index in [4.69, 9.17) is 0 Å². The molecule has 1 aliphatic heterocycles. The molecule has 0 aromatic heterocycles. The van der Waals surface area contributed by atoms with Crippen LogP contribution < -0.4 is 5.32 Å². The summed E-state index contributed by atoms with van der Waals surface area (Å²) in [5.41, 5.74) is 1.12. The number of amides is 2. The Kier molecular flexibility index (Phi) is 7.25. The van der Waals surface area contributed by atoms with Crippen molar-refractivity contribution in [3.8, 4) is 0 Å². The molecule has 0 spiro atoms. The Balaban J connectivity index is 1.72. The lowest BCUT2D eigenvalue weighted by Gasteiger charge is -2.32. The summed E-state index contributed by atoms with van der Waals surface area (Å²) in [7, 11) is 0. The van der Waals surface area contributed by atoms with Gasteiger partial charge in [0.25, 0.3) is 0 Å². The van der Waals surface area contributed by atoms with Crippen LogP contribution in [0.25, 0.3) is 0 Å². The molecule has 1 aromatic carbocycles. The molecule has 0 unspecified atom stereocenters. The lowest BCUT2D eigenvalue weighted by molar-refractivity contribution is -0.132. The number of carbonyl (C=O) groups excluding carboxylic acids is 2. The van der Waals surface area contributed by atoms with Crippen molar-refractivity contribution in [1.82, 2.24) is 15.1 Å².